The van der Waals surface area contributed by atoms with Gasteiger partial charge in [0.05, 0.1) is 11.0 Å². The second-order valence-electron chi connectivity index (χ2n) is 10.2. The van der Waals surface area contributed by atoms with Crippen LogP contribution in [-0.2, 0) is 9.53 Å². The third-order valence-corrected chi connectivity index (χ3v) is 7.19. The molecular weight excluding hydrogens is 410 g/mol. The fourth-order valence-corrected chi connectivity index (χ4v) is 5.15. The van der Waals surface area contributed by atoms with E-state index < -0.39 is 6.04 Å². The highest BCUT2D eigenvalue weighted by atomic mass is 16.5. The molecule has 176 valence electrons. The molecule has 4 rings (SSSR count). The Morgan fingerprint density at radius 3 is 2.42 bits per heavy atom. The Morgan fingerprint density at radius 1 is 1.06 bits per heavy atom. The number of fused-ring (bicyclic) bond motifs is 1. The quantitative estimate of drug-likeness (QED) is 0.414. The van der Waals surface area contributed by atoms with Crippen LogP contribution in [0.3, 0.4) is 0 Å². The zero-order valence-electron chi connectivity index (χ0n) is 20.8. The molecule has 1 heterocycles. The number of ether oxygens (including phenoxy) is 1. The largest absolute Gasteiger partial charge is 0.461 e. The number of rotatable bonds is 6. The topological polar surface area (TPSA) is 47.4 Å². The normalized spacial score (nSPS) is 21.8. The molecule has 0 amide bonds. The molecule has 0 bridgehead atoms. The van der Waals surface area contributed by atoms with Gasteiger partial charge >= 0.3 is 5.97 Å². The van der Waals surface area contributed by atoms with Gasteiger partial charge in [-0.3, -0.25) is 0 Å². The van der Waals surface area contributed by atoms with Crippen molar-refractivity contribution in [3.8, 4) is 11.4 Å². The van der Waals surface area contributed by atoms with Gasteiger partial charge in [-0.2, -0.15) is 0 Å². The second kappa shape index (κ2) is 9.58. The number of hydrogen-bond donors (Lipinski definition) is 0. The minimum atomic E-state index is -0.467. The van der Waals surface area contributed by atoms with Crippen molar-refractivity contribution in [2.75, 3.05) is 19.0 Å². The van der Waals surface area contributed by atoms with Crippen molar-refractivity contribution in [1.82, 2.24) is 9.55 Å². The van der Waals surface area contributed by atoms with Gasteiger partial charge in [-0.15, -0.1) is 0 Å². The first-order chi connectivity index (χ1) is 15.8. The molecule has 33 heavy (non-hydrogen) atoms. The molecule has 0 N–H and O–H groups in total. The predicted molar refractivity (Wildman–Crippen MR) is 135 cm³/mol. The van der Waals surface area contributed by atoms with Crippen LogP contribution in [0.1, 0.15) is 53.0 Å². The Balaban J connectivity index is 1.68. The van der Waals surface area contributed by atoms with Gasteiger partial charge in [0, 0.05) is 25.3 Å². The van der Waals surface area contributed by atoms with E-state index in [4.69, 9.17) is 9.72 Å². The number of benzene rings is 2. The number of anilines is 1. The fraction of sp³-hybridized carbons (Fsp3) is 0.500. The van der Waals surface area contributed by atoms with Gasteiger partial charge in [0.2, 0.25) is 0 Å². The molecule has 0 spiro atoms. The van der Waals surface area contributed by atoms with E-state index in [0.29, 0.717) is 17.8 Å². The number of imidazole rings is 1. The number of aromatic nitrogens is 2. The molecule has 5 nitrogen and oxygen atoms in total. The van der Waals surface area contributed by atoms with Crippen molar-refractivity contribution in [2.24, 2.45) is 17.8 Å². The average molecular weight is 448 g/mol. The fourth-order valence-electron chi connectivity index (χ4n) is 5.15. The minimum absolute atomic E-state index is 0.0127. The maximum absolute atomic E-state index is 13.5. The first kappa shape index (κ1) is 23.3. The van der Waals surface area contributed by atoms with Gasteiger partial charge in [0.15, 0.2) is 0 Å². The molecule has 2 aromatic carbocycles. The lowest BCUT2D eigenvalue weighted by atomic mass is 9.75. The van der Waals surface area contributed by atoms with E-state index >= 15 is 0 Å². The minimum Gasteiger partial charge on any atom is -0.461 e. The van der Waals surface area contributed by atoms with Gasteiger partial charge in [0.1, 0.15) is 18.0 Å². The number of esters is 1. The highest BCUT2D eigenvalue weighted by molar-refractivity contribution is 5.85. The Morgan fingerprint density at radius 2 is 1.76 bits per heavy atom. The Kier molecular flexibility index (Phi) is 6.78. The Labute approximate surface area is 197 Å². The van der Waals surface area contributed by atoms with Gasteiger partial charge in [-0.25, -0.2) is 9.78 Å². The van der Waals surface area contributed by atoms with Crippen LogP contribution in [0.25, 0.3) is 22.4 Å². The van der Waals surface area contributed by atoms with E-state index in [1.54, 1.807) is 0 Å². The number of para-hydroxylation sites is 2. The van der Waals surface area contributed by atoms with Gasteiger partial charge in [-0.1, -0.05) is 39.3 Å². The highest BCUT2D eigenvalue weighted by Gasteiger charge is 2.35. The lowest BCUT2D eigenvalue weighted by Gasteiger charge is -2.37. The smallest absolute Gasteiger partial charge is 0.329 e. The van der Waals surface area contributed by atoms with E-state index in [1.165, 1.54) is 6.42 Å². The summed E-state index contributed by atoms with van der Waals surface area (Å²) in [6.07, 6.45) is 3.28. The van der Waals surface area contributed by atoms with Crippen molar-refractivity contribution >= 4 is 22.7 Å². The van der Waals surface area contributed by atoms with Crippen LogP contribution >= 0.6 is 0 Å². The Hall–Kier alpha value is -2.82. The molecule has 0 saturated heterocycles. The summed E-state index contributed by atoms with van der Waals surface area (Å²) in [4.78, 5) is 20.5. The molecule has 3 aromatic rings. The van der Waals surface area contributed by atoms with Crippen molar-refractivity contribution in [1.29, 1.82) is 0 Å². The summed E-state index contributed by atoms with van der Waals surface area (Å²) >= 11 is 0. The summed E-state index contributed by atoms with van der Waals surface area (Å²) in [6, 6.07) is 15.9. The number of carbonyl (C=O) groups excluding carboxylic acids is 1. The van der Waals surface area contributed by atoms with Gasteiger partial charge < -0.3 is 14.2 Å². The molecule has 0 radical (unpaired) electrons. The first-order valence-electron chi connectivity index (χ1n) is 12.2. The molecule has 1 saturated carbocycles. The predicted octanol–water partition coefficient (Wildman–Crippen LogP) is 6.33. The maximum atomic E-state index is 13.5. The summed E-state index contributed by atoms with van der Waals surface area (Å²) < 4.78 is 8.26. The maximum Gasteiger partial charge on any atom is 0.329 e. The zero-order chi connectivity index (χ0) is 23.7. The average Bonchev–Trinajstić information content (AvgIpc) is 3.18. The summed E-state index contributed by atoms with van der Waals surface area (Å²) in [6.45, 7) is 8.68. The van der Waals surface area contributed by atoms with Crippen LogP contribution in [0.15, 0.2) is 48.5 Å². The van der Waals surface area contributed by atoms with Crippen LogP contribution in [-0.4, -0.2) is 35.7 Å². The monoisotopic (exact) mass is 447 g/mol. The molecule has 5 heteroatoms. The standard InChI is InChI=1S/C28H37N3O2/c1-18(2)23-16-11-19(3)17-26(23)33-28(32)20(4)31-25-10-8-7-9-24(25)29-27(31)21-12-14-22(15-13-21)30(5)6/h7-10,12-15,18-20,23,26H,11,16-17H2,1-6H3/t19?,20-,23?,26-/m1/s1. The molecule has 4 atom stereocenters. The van der Waals surface area contributed by atoms with Crippen LogP contribution in [0.4, 0.5) is 5.69 Å². The lowest BCUT2D eigenvalue weighted by Crippen LogP contribution is -2.37. The van der Waals surface area contributed by atoms with Crippen LogP contribution in [0.2, 0.25) is 0 Å². The zero-order valence-corrected chi connectivity index (χ0v) is 20.8. The van der Waals surface area contributed by atoms with Crippen molar-refractivity contribution < 1.29 is 9.53 Å². The molecule has 2 unspecified atom stereocenters. The summed E-state index contributed by atoms with van der Waals surface area (Å²) in [7, 11) is 4.05. The highest BCUT2D eigenvalue weighted by Crippen LogP contribution is 2.37. The van der Waals surface area contributed by atoms with Gasteiger partial charge in [-0.05, 0) is 73.9 Å². The molecule has 1 aliphatic rings. The molecular formula is C28H37N3O2. The van der Waals surface area contributed by atoms with Crippen molar-refractivity contribution in [3.63, 3.8) is 0 Å². The SMILES string of the molecule is CC1CCC(C(C)C)[C@H](OC(=O)[C@@H](C)n2c(-c3ccc(N(C)C)cc3)nc3ccccc32)C1. The van der Waals surface area contributed by atoms with Crippen molar-refractivity contribution in [3.05, 3.63) is 48.5 Å². The summed E-state index contributed by atoms with van der Waals surface area (Å²) in [5, 5.41) is 0. The van der Waals surface area contributed by atoms with E-state index in [9.17, 15) is 4.79 Å². The number of nitrogens with zero attached hydrogens (tertiary/aromatic N) is 3. The molecule has 1 aliphatic carbocycles. The van der Waals surface area contributed by atoms with E-state index in [0.717, 1.165) is 41.0 Å². The molecule has 1 aromatic heterocycles. The number of carbonyl (C=O) groups is 1. The van der Waals surface area contributed by atoms with Crippen molar-refractivity contribution in [2.45, 2.75) is 59.1 Å². The van der Waals surface area contributed by atoms with Gasteiger partial charge in [0.25, 0.3) is 0 Å². The lowest BCUT2D eigenvalue weighted by molar-refractivity contribution is -0.159. The summed E-state index contributed by atoms with van der Waals surface area (Å²) in [5.74, 6) is 2.14. The van der Waals surface area contributed by atoms with E-state index in [-0.39, 0.29) is 12.1 Å². The number of hydrogen-bond acceptors (Lipinski definition) is 4. The Bertz CT molecular complexity index is 1100. The van der Waals surface area contributed by atoms with Crippen LogP contribution in [0, 0.1) is 17.8 Å². The molecule has 0 aliphatic heterocycles. The third-order valence-electron chi connectivity index (χ3n) is 7.19. The van der Waals surface area contributed by atoms with Crippen LogP contribution in [0.5, 0.6) is 0 Å². The molecule has 1 fully saturated rings. The van der Waals surface area contributed by atoms with E-state index in [1.807, 2.05) is 49.9 Å². The first-order valence-corrected chi connectivity index (χ1v) is 12.2. The van der Waals surface area contributed by atoms with Crippen LogP contribution < -0.4 is 4.90 Å². The third kappa shape index (κ3) is 4.78. The second-order valence-corrected chi connectivity index (χ2v) is 10.2. The summed E-state index contributed by atoms with van der Waals surface area (Å²) in [5.41, 5.74) is 3.95. The van der Waals surface area contributed by atoms with E-state index in [2.05, 4.69) is 49.9 Å².